The summed E-state index contributed by atoms with van der Waals surface area (Å²) < 4.78 is 16.5. The van der Waals surface area contributed by atoms with E-state index in [4.69, 9.17) is 28.9 Å². The minimum absolute atomic E-state index is 0.102. The predicted octanol–water partition coefficient (Wildman–Crippen LogP) is 3.38. The summed E-state index contributed by atoms with van der Waals surface area (Å²) >= 11 is 12.2. The summed E-state index contributed by atoms with van der Waals surface area (Å²) in [7, 11) is -2.70. The van der Waals surface area contributed by atoms with E-state index in [0.717, 1.165) is 11.1 Å². The fourth-order valence-corrected chi connectivity index (χ4v) is 5.65. The average molecular weight is 442 g/mol. The van der Waals surface area contributed by atoms with Crippen LogP contribution >= 0.6 is 23.2 Å². The van der Waals surface area contributed by atoms with Crippen LogP contribution in [0.5, 0.6) is 0 Å². The Balaban J connectivity index is 1.76. The molecule has 0 spiro atoms. The van der Waals surface area contributed by atoms with Crippen LogP contribution in [0, 0.1) is 0 Å². The number of halogens is 2. The Kier molecular flexibility index (Phi) is 6.12. The number of carbonyl (C=O) groups is 1. The molecule has 0 fully saturated rings. The summed E-state index contributed by atoms with van der Waals surface area (Å²) in [6, 6.07) is 8.02. The fraction of sp³-hybridized carbons (Fsp3) is 0.368. The van der Waals surface area contributed by atoms with Gasteiger partial charge in [-0.3, -0.25) is 9.78 Å². The third kappa shape index (κ3) is 4.72. The number of rotatable bonds is 5. The van der Waals surface area contributed by atoms with Crippen LogP contribution in [0.25, 0.3) is 11.1 Å². The number of pyridine rings is 1. The van der Waals surface area contributed by atoms with Crippen molar-refractivity contribution in [1.29, 1.82) is 0 Å². The van der Waals surface area contributed by atoms with Crippen LogP contribution in [0.3, 0.4) is 0 Å². The second-order valence-corrected chi connectivity index (χ2v) is 10.5. The summed E-state index contributed by atoms with van der Waals surface area (Å²) in [4.78, 5) is 16.0. The lowest BCUT2D eigenvalue weighted by Gasteiger charge is -2.25. The predicted molar refractivity (Wildman–Crippen MR) is 112 cm³/mol. The molecule has 9 heteroatoms. The summed E-state index contributed by atoms with van der Waals surface area (Å²) in [6.45, 7) is 1.60. The van der Waals surface area contributed by atoms with Gasteiger partial charge in [0.15, 0.2) is 0 Å². The molecule has 0 saturated heterocycles. The second-order valence-electron chi connectivity index (χ2n) is 7.09. The lowest BCUT2D eigenvalue weighted by molar-refractivity contribution is -0.119. The van der Waals surface area contributed by atoms with Crippen molar-refractivity contribution in [3.05, 3.63) is 52.3 Å². The van der Waals surface area contributed by atoms with Gasteiger partial charge in [0.2, 0.25) is 0 Å². The van der Waals surface area contributed by atoms with E-state index in [1.807, 2.05) is 0 Å². The molecule has 1 aromatic carbocycles. The molecule has 3 atom stereocenters. The van der Waals surface area contributed by atoms with E-state index in [2.05, 4.69) is 9.35 Å². The summed E-state index contributed by atoms with van der Waals surface area (Å²) in [6.07, 6.45) is 2.12. The quantitative estimate of drug-likeness (QED) is 0.739. The number of hydrogen-bond donors (Lipinski definition) is 2. The molecular weight excluding hydrogens is 421 g/mol. The van der Waals surface area contributed by atoms with Crippen LogP contribution in [0.4, 0.5) is 0 Å². The highest BCUT2D eigenvalue weighted by Crippen LogP contribution is 2.31. The number of nitrogens with zero attached hydrogens (tertiary/aromatic N) is 2. The van der Waals surface area contributed by atoms with Crippen molar-refractivity contribution in [1.82, 2.24) is 4.98 Å². The Morgan fingerprint density at radius 2 is 2.07 bits per heavy atom. The van der Waals surface area contributed by atoms with Gasteiger partial charge in [0.25, 0.3) is 5.91 Å². The largest absolute Gasteiger partial charge is 0.384 e. The van der Waals surface area contributed by atoms with Gasteiger partial charge in [-0.25, -0.2) is 4.21 Å². The molecule has 1 aliphatic rings. The highest BCUT2D eigenvalue weighted by atomic mass is 35.5. The summed E-state index contributed by atoms with van der Waals surface area (Å²) in [5.74, 6) is -0.166. The SMILES string of the molecule is C[C@@](O)(CC[S@@]1(=O)=NC(=O)[C@@H](N)CC1)c1ccc(-c2ccc(Cl)cc2Cl)cn1. The zero-order valence-electron chi connectivity index (χ0n) is 15.3. The van der Waals surface area contributed by atoms with Gasteiger partial charge >= 0.3 is 0 Å². The molecule has 0 saturated carbocycles. The van der Waals surface area contributed by atoms with Gasteiger partial charge in [-0.15, -0.1) is 0 Å². The molecule has 150 valence electrons. The molecule has 28 heavy (non-hydrogen) atoms. The number of amides is 1. The summed E-state index contributed by atoms with van der Waals surface area (Å²) in [5, 5.41) is 11.9. The molecule has 1 amide bonds. The normalized spacial score (nSPS) is 24.5. The van der Waals surface area contributed by atoms with Gasteiger partial charge in [-0.05, 0) is 38.0 Å². The lowest BCUT2D eigenvalue weighted by Crippen LogP contribution is -2.37. The molecular formula is C19H21Cl2N3O3S. The minimum Gasteiger partial charge on any atom is -0.384 e. The highest BCUT2D eigenvalue weighted by molar-refractivity contribution is 7.93. The monoisotopic (exact) mass is 441 g/mol. The van der Waals surface area contributed by atoms with E-state index in [-0.39, 0.29) is 17.9 Å². The third-order valence-corrected chi connectivity index (χ3v) is 7.56. The Labute approximate surface area is 174 Å². The second kappa shape index (κ2) is 8.08. The van der Waals surface area contributed by atoms with Crippen LogP contribution in [-0.2, 0) is 20.1 Å². The van der Waals surface area contributed by atoms with Gasteiger partial charge in [-0.1, -0.05) is 35.3 Å². The van der Waals surface area contributed by atoms with Crippen LogP contribution < -0.4 is 5.73 Å². The van der Waals surface area contributed by atoms with Crippen molar-refractivity contribution < 1.29 is 14.1 Å². The minimum atomic E-state index is -2.70. The average Bonchev–Trinajstić information content (AvgIpc) is 2.64. The Morgan fingerprint density at radius 1 is 1.32 bits per heavy atom. The molecule has 0 bridgehead atoms. The van der Waals surface area contributed by atoms with Gasteiger partial charge in [0, 0.05) is 38.9 Å². The molecule has 0 radical (unpaired) electrons. The van der Waals surface area contributed by atoms with Gasteiger partial charge in [-0.2, -0.15) is 4.36 Å². The zero-order chi connectivity index (χ0) is 20.5. The van der Waals surface area contributed by atoms with E-state index in [1.54, 1.807) is 43.5 Å². The van der Waals surface area contributed by atoms with Crippen molar-refractivity contribution in [3.8, 4) is 11.1 Å². The lowest BCUT2D eigenvalue weighted by atomic mass is 9.97. The molecule has 2 heterocycles. The fourth-order valence-electron chi connectivity index (χ4n) is 2.94. The van der Waals surface area contributed by atoms with Crippen LogP contribution in [0.2, 0.25) is 10.0 Å². The van der Waals surface area contributed by atoms with E-state index in [1.165, 1.54) is 0 Å². The maximum Gasteiger partial charge on any atom is 0.270 e. The zero-order valence-corrected chi connectivity index (χ0v) is 17.6. The van der Waals surface area contributed by atoms with Crippen molar-refractivity contribution in [2.24, 2.45) is 10.1 Å². The van der Waals surface area contributed by atoms with Crippen LogP contribution in [0.1, 0.15) is 25.5 Å². The molecule has 3 N–H and O–H groups in total. The number of nitrogens with two attached hydrogens (primary N) is 1. The molecule has 1 aromatic heterocycles. The number of carbonyl (C=O) groups excluding carboxylic acids is 1. The number of aromatic nitrogens is 1. The molecule has 2 aromatic rings. The van der Waals surface area contributed by atoms with Crippen molar-refractivity contribution in [2.45, 2.75) is 31.4 Å². The Bertz CT molecular complexity index is 1020. The van der Waals surface area contributed by atoms with E-state index < -0.39 is 27.3 Å². The number of benzene rings is 1. The molecule has 0 unspecified atom stereocenters. The van der Waals surface area contributed by atoms with Crippen LogP contribution in [0.15, 0.2) is 40.9 Å². The number of hydrogen-bond acceptors (Lipinski definition) is 5. The van der Waals surface area contributed by atoms with Crippen molar-refractivity contribution in [2.75, 3.05) is 11.5 Å². The Morgan fingerprint density at radius 3 is 2.68 bits per heavy atom. The van der Waals surface area contributed by atoms with Gasteiger partial charge in [0.1, 0.15) is 5.60 Å². The first-order valence-corrected chi connectivity index (χ1v) is 11.4. The third-order valence-electron chi connectivity index (χ3n) is 4.79. The van der Waals surface area contributed by atoms with Gasteiger partial charge in [0.05, 0.1) is 21.5 Å². The smallest absolute Gasteiger partial charge is 0.270 e. The van der Waals surface area contributed by atoms with Crippen molar-refractivity contribution in [3.63, 3.8) is 0 Å². The first-order valence-electron chi connectivity index (χ1n) is 8.76. The molecule has 6 nitrogen and oxygen atoms in total. The topological polar surface area (TPSA) is 106 Å². The highest BCUT2D eigenvalue weighted by Gasteiger charge is 2.30. The van der Waals surface area contributed by atoms with Gasteiger partial charge < -0.3 is 10.8 Å². The first kappa shape index (κ1) is 21.2. The maximum atomic E-state index is 12.7. The van der Waals surface area contributed by atoms with E-state index >= 15 is 0 Å². The standard InChI is InChI=1S/C19H21Cl2N3O3S/c1-19(26,7-9-28(27)8-6-16(22)18(25)24-28)17-5-2-12(11-23-17)14-4-3-13(20)10-15(14)21/h2-5,10-11,16,26H,6-9,22H2,1H3/t16-,19+,28+/m0/s1. The molecule has 1 aliphatic heterocycles. The summed E-state index contributed by atoms with van der Waals surface area (Å²) in [5.41, 5.74) is 6.29. The van der Waals surface area contributed by atoms with Crippen molar-refractivity contribution >= 4 is 38.8 Å². The first-order chi connectivity index (χ1) is 13.1. The van der Waals surface area contributed by atoms with Crippen LogP contribution in [-0.4, -0.2) is 37.8 Å². The van der Waals surface area contributed by atoms with E-state index in [9.17, 15) is 14.1 Å². The Hall–Kier alpha value is -1.51. The maximum absolute atomic E-state index is 12.7. The molecule has 3 rings (SSSR count). The molecule has 0 aliphatic carbocycles. The number of aliphatic hydroxyl groups is 1. The van der Waals surface area contributed by atoms with E-state index in [0.29, 0.717) is 22.2 Å².